The van der Waals surface area contributed by atoms with Crippen LogP contribution in [0.2, 0.25) is 0 Å². The van der Waals surface area contributed by atoms with E-state index in [1.807, 2.05) is 72.8 Å². The van der Waals surface area contributed by atoms with Crippen LogP contribution in [0.3, 0.4) is 0 Å². The van der Waals surface area contributed by atoms with E-state index < -0.39 is 0 Å². The van der Waals surface area contributed by atoms with Gasteiger partial charge in [0.25, 0.3) is 0 Å². The topological polar surface area (TPSA) is 134 Å². The van der Waals surface area contributed by atoms with Gasteiger partial charge in [-0.15, -0.1) is 6.58 Å². The summed E-state index contributed by atoms with van der Waals surface area (Å²) in [6.07, 6.45) is 18.9. The summed E-state index contributed by atoms with van der Waals surface area (Å²) in [6, 6.07) is 5.85. The highest BCUT2D eigenvalue weighted by Crippen LogP contribution is 2.35. The van der Waals surface area contributed by atoms with Crippen LogP contribution < -0.4 is 10.6 Å². The lowest BCUT2D eigenvalue weighted by Gasteiger charge is -2.27. The number of imide groups is 1. The van der Waals surface area contributed by atoms with Crippen molar-refractivity contribution in [1.29, 1.82) is 0 Å². The van der Waals surface area contributed by atoms with Gasteiger partial charge in [0.15, 0.2) is 17.3 Å². The van der Waals surface area contributed by atoms with Crippen molar-refractivity contribution < 1.29 is 28.7 Å². The van der Waals surface area contributed by atoms with E-state index >= 15 is 0 Å². The number of likely N-dealkylation sites (tertiary alicyclic amines) is 1. The summed E-state index contributed by atoms with van der Waals surface area (Å²) >= 11 is 0. The minimum atomic E-state index is -0.141. The molecule has 0 saturated carbocycles. The third-order valence-corrected chi connectivity index (χ3v) is 10.8. The molecule has 2 heterocycles. The van der Waals surface area contributed by atoms with Crippen molar-refractivity contribution in [3.05, 3.63) is 112 Å². The molecule has 69 heavy (non-hydrogen) atoms. The largest absolute Gasteiger partial charge is 0.382 e. The van der Waals surface area contributed by atoms with Gasteiger partial charge < -0.3 is 15.0 Å². The van der Waals surface area contributed by atoms with Crippen LogP contribution in [0.4, 0.5) is 5.69 Å². The molecule has 10 heteroatoms. The number of nitrogens with one attached hydrogen (secondary N) is 2. The van der Waals surface area contributed by atoms with Crippen molar-refractivity contribution in [1.82, 2.24) is 10.2 Å². The first kappa shape index (κ1) is 68.0. The van der Waals surface area contributed by atoms with E-state index in [-0.39, 0.29) is 35.1 Å². The first-order chi connectivity index (χ1) is 32.7. The molecule has 2 fully saturated rings. The highest BCUT2D eigenvalue weighted by Gasteiger charge is 2.27. The second-order valence-electron chi connectivity index (χ2n) is 17.1. The zero-order valence-corrected chi connectivity index (χ0v) is 46.7. The molecule has 2 saturated heterocycles. The summed E-state index contributed by atoms with van der Waals surface area (Å²) in [5.41, 5.74) is 11.3. The predicted molar refractivity (Wildman–Crippen MR) is 297 cm³/mol. The van der Waals surface area contributed by atoms with Gasteiger partial charge in [-0.05, 0) is 136 Å². The number of ether oxygens (including phenoxy) is 1. The Morgan fingerprint density at radius 2 is 1.54 bits per heavy atom. The normalized spacial score (nSPS) is 16.6. The molecule has 3 aliphatic rings. The number of piperidine rings is 1. The second-order valence-corrected chi connectivity index (χ2v) is 17.1. The predicted octanol–water partition coefficient (Wildman–Crippen LogP) is 14.6. The molecule has 0 radical (unpaired) electrons. The fourth-order valence-electron chi connectivity index (χ4n) is 7.10. The average molecular weight is 957 g/mol. The van der Waals surface area contributed by atoms with Gasteiger partial charge in [-0.1, -0.05) is 116 Å². The number of rotatable bonds is 15. The lowest BCUT2D eigenvalue weighted by molar-refractivity contribution is -0.135. The number of hydrogen-bond acceptors (Lipinski definition) is 9. The number of carbonyl (C=O) groups excluding carboxylic acids is 5. The first-order valence-electron chi connectivity index (χ1n) is 25.4. The fourth-order valence-corrected chi connectivity index (χ4v) is 7.10. The average Bonchev–Trinajstić information content (AvgIpc) is 3.67. The van der Waals surface area contributed by atoms with Crippen LogP contribution in [0.15, 0.2) is 106 Å². The van der Waals surface area contributed by atoms with Crippen LogP contribution in [-0.4, -0.2) is 79.2 Å². The highest BCUT2D eigenvalue weighted by atomic mass is 16.5. The summed E-state index contributed by atoms with van der Waals surface area (Å²) in [5.74, 6) is -0.261. The van der Waals surface area contributed by atoms with Gasteiger partial charge in [-0.2, -0.15) is 0 Å². The Morgan fingerprint density at radius 1 is 0.928 bits per heavy atom. The van der Waals surface area contributed by atoms with Crippen molar-refractivity contribution in [3.8, 4) is 0 Å². The van der Waals surface area contributed by atoms with Crippen LogP contribution in [0, 0.1) is 5.92 Å². The van der Waals surface area contributed by atoms with E-state index in [2.05, 4.69) is 88.2 Å². The van der Waals surface area contributed by atoms with E-state index in [0.29, 0.717) is 48.8 Å². The second kappa shape index (κ2) is 40.6. The Hall–Kier alpha value is -5.22. The first-order valence-corrected chi connectivity index (χ1v) is 25.4. The lowest BCUT2D eigenvalue weighted by Crippen LogP contribution is -2.39. The molecular weight excluding hydrogens is 861 g/mol. The van der Waals surface area contributed by atoms with Crippen molar-refractivity contribution in [2.45, 2.75) is 182 Å². The van der Waals surface area contributed by atoms with Gasteiger partial charge >= 0.3 is 0 Å². The van der Waals surface area contributed by atoms with E-state index in [9.17, 15) is 24.0 Å². The number of Topliss-reactive ketones (excluding diaryl/α,β-unsaturated/α-hetero) is 3. The number of nitrogens with zero attached hydrogens (tertiary/aromatic N) is 2. The minimum Gasteiger partial charge on any atom is -0.382 e. The van der Waals surface area contributed by atoms with Crippen LogP contribution in [0.5, 0.6) is 0 Å². The van der Waals surface area contributed by atoms with E-state index in [1.54, 1.807) is 32.2 Å². The molecule has 1 aromatic carbocycles. The SMILES string of the molecule is C=C(C)/C=C\C=C(/C)C(C)=NC.C=CC.CC.CC1CCC(=O)NC1=O.CCC.CCC1=C(CC)C(C(C)=O)=CC(N2CCCC2C)=C(C)C1.CCCOCCNc1cccc(C(C)=O)c1C(C)=O. The molecule has 1 aromatic rings. The van der Waals surface area contributed by atoms with Gasteiger partial charge in [-0.3, -0.25) is 34.3 Å². The van der Waals surface area contributed by atoms with Crippen LogP contribution in [-0.2, 0) is 19.1 Å². The molecule has 2 unspecified atom stereocenters. The minimum absolute atomic E-state index is 0.0164. The zero-order valence-electron chi connectivity index (χ0n) is 46.7. The number of allylic oxidation sites excluding steroid dienone is 11. The van der Waals surface area contributed by atoms with E-state index in [0.717, 1.165) is 55.7 Å². The molecule has 388 valence electrons. The van der Waals surface area contributed by atoms with Gasteiger partial charge in [0.2, 0.25) is 11.8 Å². The zero-order chi connectivity index (χ0) is 53.6. The molecule has 2 aliphatic heterocycles. The Labute approximate surface area is 421 Å². The molecule has 10 nitrogen and oxygen atoms in total. The maximum absolute atomic E-state index is 12.2. The van der Waals surface area contributed by atoms with Crippen molar-refractivity contribution in [2.75, 3.05) is 38.7 Å². The summed E-state index contributed by atoms with van der Waals surface area (Å²) in [4.78, 5) is 63.2. The molecule has 2 N–H and O–H groups in total. The number of carbonyl (C=O) groups is 5. The van der Waals surface area contributed by atoms with Crippen molar-refractivity contribution in [3.63, 3.8) is 0 Å². The molecule has 2 atom stereocenters. The molecular formula is C59H96N4O6. The summed E-state index contributed by atoms with van der Waals surface area (Å²) < 4.78 is 5.37. The number of amides is 2. The number of aliphatic imine (C=N–C) groups is 1. The van der Waals surface area contributed by atoms with Gasteiger partial charge in [0, 0.05) is 73.4 Å². The van der Waals surface area contributed by atoms with E-state index in [4.69, 9.17) is 4.74 Å². The molecule has 0 bridgehead atoms. The number of ketones is 3. The maximum Gasteiger partial charge on any atom is 0.229 e. The third kappa shape index (κ3) is 28.1. The molecule has 1 aliphatic carbocycles. The number of anilines is 1. The van der Waals surface area contributed by atoms with Gasteiger partial charge in [0.05, 0.1) is 12.2 Å². The Morgan fingerprint density at radius 3 is 1.97 bits per heavy atom. The lowest BCUT2D eigenvalue weighted by atomic mass is 9.92. The summed E-state index contributed by atoms with van der Waals surface area (Å²) in [7, 11) is 1.80. The third-order valence-electron chi connectivity index (χ3n) is 10.8. The Balaban J connectivity index is -0.000000830. The fraction of sp³-hybridized carbons (Fsp3) is 0.559. The number of benzene rings is 1. The monoisotopic (exact) mass is 957 g/mol. The Bertz CT molecular complexity index is 1960. The Kier molecular flexibility index (Phi) is 40.1. The van der Waals surface area contributed by atoms with Crippen LogP contribution in [0.1, 0.15) is 196 Å². The smallest absolute Gasteiger partial charge is 0.229 e. The van der Waals surface area contributed by atoms with Crippen LogP contribution in [0.25, 0.3) is 0 Å². The molecule has 2 amide bonds. The molecule has 0 spiro atoms. The van der Waals surface area contributed by atoms with Crippen molar-refractivity contribution >= 4 is 40.6 Å². The van der Waals surface area contributed by atoms with E-state index in [1.165, 1.54) is 61.1 Å². The molecule has 0 aromatic heterocycles. The summed E-state index contributed by atoms with van der Waals surface area (Å²) in [6.45, 7) is 43.8. The number of hydrogen-bond donors (Lipinski definition) is 2. The highest BCUT2D eigenvalue weighted by molar-refractivity contribution is 6.10. The molecule has 4 rings (SSSR count). The van der Waals surface area contributed by atoms with Crippen molar-refractivity contribution in [2.24, 2.45) is 10.9 Å². The van der Waals surface area contributed by atoms with Gasteiger partial charge in [0.1, 0.15) is 0 Å². The quantitative estimate of drug-likeness (QED) is 0.0443. The van der Waals surface area contributed by atoms with Crippen LogP contribution >= 0.6 is 0 Å². The maximum atomic E-state index is 12.2. The standard InChI is InChI=1S/C19H29NO.C15H21NO3.C11H17N.C6H9NO2.C3H8.C3H6.C2H6/c1-6-16-11-13(3)19(20-10-8-9-14(20)4)12-18(15(5)21)17(16)7-2;1-4-9-19-10-8-16-14-7-5-6-13(11(2)17)15(14)12(3)18;1-9(2)7-6-8-10(3)11(4)12-5;1-4-2-3-5(8)7-6(4)9;2*1-3-2;1-2/h12,14H,6-11H2,1-5H3;5-7,16H,4,8-10H2,1-3H3;6-8H,1H2,2-5H3;4H,2-3H2,1H3,(H,7,8,9);3H2,1-2H3;3H,1H2,2H3;1-2H3/b;;7-6-,10-8+,12-11?;;;;. The van der Waals surface area contributed by atoms with Gasteiger partial charge in [-0.25, -0.2) is 0 Å². The summed E-state index contributed by atoms with van der Waals surface area (Å²) in [5, 5.41) is 5.40.